The van der Waals surface area contributed by atoms with Gasteiger partial charge in [0, 0.05) is 49.8 Å². The summed E-state index contributed by atoms with van der Waals surface area (Å²) in [6.45, 7) is 4.02. The first-order valence-corrected chi connectivity index (χ1v) is 10.8. The third kappa shape index (κ3) is 5.49. The maximum absolute atomic E-state index is 12.5. The van der Waals surface area contributed by atoms with Crippen LogP contribution in [0.1, 0.15) is 34.3 Å². The molecule has 164 valence electrons. The van der Waals surface area contributed by atoms with E-state index in [1.54, 1.807) is 24.7 Å². The summed E-state index contributed by atoms with van der Waals surface area (Å²) < 4.78 is 0. The second-order valence-corrected chi connectivity index (χ2v) is 8.07. The summed E-state index contributed by atoms with van der Waals surface area (Å²) in [5.41, 5.74) is 3.41. The fourth-order valence-corrected chi connectivity index (χ4v) is 3.75. The van der Waals surface area contributed by atoms with E-state index in [0.717, 1.165) is 48.6 Å². The molecule has 3 aromatic rings. The first-order chi connectivity index (χ1) is 15.6. The Bertz CT molecular complexity index is 1040. The highest BCUT2D eigenvalue weighted by molar-refractivity contribution is 6.04. The number of anilines is 2. The van der Waals surface area contributed by atoms with Crippen LogP contribution >= 0.6 is 0 Å². The van der Waals surface area contributed by atoms with Gasteiger partial charge in [0.05, 0.1) is 5.56 Å². The lowest BCUT2D eigenvalue weighted by Gasteiger charge is -2.32. The van der Waals surface area contributed by atoms with Crippen molar-refractivity contribution in [3.8, 4) is 0 Å². The molecule has 1 aromatic carbocycles. The number of nitrogens with one attached hydrogen (secondary N) is 2. The lowest BCUT2D eigenvalue weighted by molar-refractivity contribution is -0.125. The Hall–Kier alpha value is -3.74. The van der Waals surface area contributed by atoms with Gasteiger partial charge in [-0.2, -0.15) is 0 Å². The minimum absolute atomic E-state index is 0.00230. The Morgan fingerprint density at radius 1 is 1.03 bits per heavy atom. The number of piperidine rings is 1. The van der Waals surface area contributed by atoms with Gasteiger partial charge in [-0.3, -0.25) is 14.6 Å². The molecule has 7 nitrogen and oxygen atoms in total. The van der Waals surface area contributed by atoms with E-state index >= 15 is 0 Å². The molecule has 0 atom stereocenters. The number of amides is 2. The van der Waals surface area contributed by atoms with E-state index < -0.39 is 0 Å². The summed E-state index contributed by atoms with van der Waals surface area (Å²) in [7, 11) is 0. The van der Waals surface area contributed by atoms with E-state index in [1.165, 1.54) is 0 Å². The molecule has 0 unspecified atom stereocenters. The predicted molar refractivity (Wildman–Crippen MR) is 124 cm³/mol. The summed E-state index contributed by atoms with van der Waals surface area (Å²) in [6, 6.07) is 15.2. The van der Waals surface area contributed by atoms with Gasteiger partial charge >= 0.3 is 0 Å². The van der Waals surface area contributed by atoms with Crippen LogP contribution in [0.25, 0.3) is 0 Å². The van der Waals surface area contributed by atoms with Crippen molar-refractivity contribution in [1.29, 1.82) is 0 Å². The van der Waals surface area contributed by atoms with Crippen molar-refractivity contribution in [3.63, 3.8) is 0 Å². The third-order valence-corrected chi connectivity index (χ3v) is 5.70. The average Bonchev–Trinajstić information content (AvgIpc) is 2.85. The zero-order valence-electron chi connectivity index (χ0n) is 18.1. The number of benzene rings is 1. The van der Waals surface area contributed by atoms with E-state index in [9.17, 15) is 9.59 Å². The van der Waals surface area contributed by atoms with Gasteiger partial charge in [-0.15, -0.1) is 0 Å². The van der Waals surface area contributed by atoms with Crippen molar-refractivity contribution in [2.75, 3.05) is 23.3 Å². The molecular formula is C25H27N5O2. The van der Waals surface area contributed by atoms with Crippen LogP contribution in [0.15, 0.2) is 67.1 Å². The molecule has 2 amide bonds. The molecule has 7 heteroatoms. The fourth-order valence-electron chi connectivity index (χ4n) is 3.75. The van der Waals surface area contributed by atoms with E-state index in [0.29, 0.717) is 12.1 Å². The lowest BCUT2D eigenvalue weighted by atomic mass is 9.96. The number of pyridine rings is 2. The molecule has 0 spiro atoms. The first-order valence-electron chi connectivity index (χ1n) is 10.8. The van der Waals surface area contributed by atoms with Crippen LogP contribution in [-0.4, -0.2) is 34.9 Å². The molecule has 3 heterocycles. The van der Waals surface area contributed by atoms with Gasteiger partial charge in [0.1, 0.15) is 5.82 Å². The van der Waals surface area contributed by atoms with Crippen molar-refractivity contribution >= 4 is 23.3 Å². The second-order valence-electron chi connectivity index (χ2n) is 8.07. The van der Waals surface area contributed by atoms with Gasteiger partial charge in [-0.05, 0) is 55.7 Å². The highest BCUT2D eigenvalue weighted by Crippen LogP contribution is 2.22. The van der Waals surface area contributed by atoms with Gasteiger partial charge in [0.25, 0.3) is 5.91 Å². The van der Waals surface area contributed by atoms with E-state index in [2.05, 4.69) is 25.5 Å². The van der Waals surface area contributed by atoms with Crippen LogP contribution in [-0.2, 0) is 11.3 Å². The maximum atomic E-state index is 12.5. The number of aromatic nitrogens is 2. The molecule has 2 aromatic heterocycles. The maximum Gasteiger partial charge on any atom is 0.257 e. The number of carbonyl (C=O) groups is 2. The first kappa shape index (κ1) is 21.5. The molecule has 0 bridgehead atoms. The Labute approximate surface area is 187 Å². The number of nitrogens with zero attached hydrogens (tertiary/aromatic N) is 3. The minimum Gasteiger partial charge on any atom is -0.357 e. The molecule has 4 rings (SSSR count). The molecule has 0 radical (unpaired) electrons. The Kier molecular flexibility index (Phi) is 6.75. The summed E-state index contributed by atoms with van der Waals surface area (Å²) in [5.74, 6) is 0.732. The lowest BCUT2D eigenvalue weighted by Crippen LogP contribution is -2.40. The summed E-state index contributed by atoms with van der Waals surface area (Å²) in [4.78, 5) is 35.7. The molecule has 1 fully saturated rings. The van der Waals surface area contributed by atoms with E-state index in [4.69, 9.17) is 0 Å². The Balaban J connectivity index is 1.26. The number of hydrogen-bond donors (Lipinski definition) is 2. The average molecular weight is 430 g/mol. The number of carbonyl (C=O) groups excluding carboxylic acids is 2. The van der Waals surface area contributed by atoms with Crippen LogP contribution in [0.5, 0.6) is 0 Å². The van der Waals surface area contributed by atoms with Crippen molar-refractivity contribution in [3.05, 3.63) is 83.8 Å². The Morgan fingerprint density at radius 3 is 2.47 bits per heavy atom. The topological polar surface area (TPSA) is 87.2 Å². The van der Waals surface area contributed by atoms with Gasteiger partial charge in [0.2, 0.25) is 5.91 Å². The van der Waals surface area contributed by atoms with Gasteiger partial charge < -0.3 is 15.5 Å². The molecule has 1 aliphatic heterocycles. The zero-order valence-corrected chi connectivity index (χ0v) is 18.1. The Morgan fingerprint density at radius 2 is 1.81 bits per heavy atom. The number of rotatable bonds is 6. The van der Waals surface area contributed by atoms with Crippen LogP contribution in [0.4, 0.5) is 11.5 Å². The van der Waals surface area contributed by atoms with Crippen molar-refractivity contribution in [2.45, 2.75) is 26.3 Å². The van der Waals surface area contributed by atoms with Gasteiger partial charge in [-0.1, -0.05) is 23.8 Å². The van der Waals surface area contributed by atoms with E-state index in [1.807, 2.05) is 49.4 Å². The van der Waals surface area contributed by atoms with Crippen molar-refractivity contribution in [2.24, 2.45) is 5.92 Å². The smallest absolute Gasteiger partial charge is 0.257 e. The predicted octanol–water partition coefficient (Wildman–Crippen LogP) is 3.57. The standard InChI is InChI=1S/C25H27N5O2/c1-18-4-7-22(8-5-18)29-25(32)21-6-9-23(27-17-21)30-13-10-20(11-14-30)24(31)28-16-19-3-2-12-26-15-19/h2-9,12,15,17,20H,10-11,13-14,16H2,1H3,(H,28,31)(H,29,32). The number of hydrogen-bond acceptors (Lipinski definition) is 5. The second kappa shape index (κ2) is 10.0. The van der Waals surface area contributed by atoms with E-state index in [-0.39, 0.29) is 17.7 Å². The molecule has 0 saturated carbocycles. The third-order valence-electron chi connectivity index (χ3n) is 5.70. The molecular weight excluding hydrogens is 402 g/mol. The molecule has 1 aliphatic rings. The van der Waals surface area contributed by atoms with Gasteiger partial charge in [0.15, 0.2) is 0 Å². The highest BCUT2D eigenvalue weighted by Gasteiger charge is 2.25. The minimum atomic E-state index is -0.183. The molecule has 32 heavy (non-hydrogen) atoms. The normalized spacial score (nSPS) is 14.1. The summed E-state index contributed by atoms with van der Waals surface area (Å²) in [5, 5.41) is 5.89. The van der Waals surface area contributed by atoms with Crippen molar-refractivity contribution < 1.29 is 9.59 Å². The summed E-state index contributed by atoms with van der Waals surface area (Å²) in [6.07, 6.45) is 6.63. The van der Waals surface area contributed by atoms with Crippen LogP contribution in [0.2, 0.25) is 0 Å². The SMILES string of the molecule is Cc1ccc(NC(=O)c2ccc(N3CCC(C(=O)NCc4cccnc4)CC3)nc2)cc1. The largest absolute Gasteiger partial charge is 0.357 e. The van der Waals surface area contributed by atoms with Crippen LogP contribution < -0.4 is 15.5 Å². The van der Waals surface area contributed by atoms with Gasteiger partial charge in [-0.25, -0.2) is 4.98 Å². The van der Waals surface area contributed by atoms with Crippen molar-refractivity contribution in [1.82, 2.24) is 15.3 Å². The monoisotopic (exact) mass is 429 g/mol. The quantitative estimate of drug-likeness (QED) is 0.626. The fraction of sp³-hybridized carbons (Fsp3) is 0.280. The molecule has 0 aliphatic carbocycles. The van der Waals surface area contributed by atoms with Crippen LogP contribution in [0.3, 0.4) is 0 Å². The highest BCUT2D eigenvalue weighted by atomic mass is 16.2. The summed E-state index contributed by atoms with van der Waals surface area (Å²) >= 11 is 0. The zero-order chi connectivity index (χ0) is 22.3. The molecule has 1 saturated heterocycles. The molecule has 2 N–H and O–H groups in total. The number of aryl methyl sites for hydroxylation is 1. The van der Waals surface area contributed by atoms with Crippen LogP contribution in [0, 0.1) is 12.8 Å².